The van der Waals surface area contributed by atoms with E-state index in [0.717, 1.165) is 5.56 Å². The van der Waals surface area contributed by atoms with Crippen LogP contribution < -0.4 is 9.62 Å². The van der Waals surface area contributed by atoms with Crippen molar-refractivity contribution in [3.8, 4) is 0 Å². The van der Waals surface area contributed by atoms with Gasteiger partial charge in [-0.25, -0.2) is 12.8 Å². The first-order valence-corrected chi connectivity index (χ1v) is 8.81. The zero-order valence-corrected chi connectivity index (χ0v) is 13.5. The molecule has 0 amide bonds. The Morgan fingerprint density at radius 1 is 1.33 bits per heavy atom. The fraction of sp³-hybridized carbons (Fsp3) is 0.286. The lowest BCUT2D eigenvalue weighted by atomic mass is 10.3. The SMILES string of the molecule is CCN(c1cccc(F)c1)S(=O)(=O)c1cc(CNC)cs1. The highest BCUT2D eigenvalue weighted by Gasteiger charge is 2.25. The van der Waals surface area contributed by atoms with Gasteiger partial charge in [-0.2, -0.15) is 0 Å². The normalized spacial score (nSPS) is 11.6. The Morgan fingerprint density at radius 3 is 2.71 bits per heavy atom. The molecule has 2 rings (SSSR count). The van der Waals surface area contributed by atoms with E-state index >= 15 is 0 Å². The van der Waals surface area contributed by atoms with E-state index in [1.807, 2.05) is 5.38 Å². The highest BCUT2D eigenvalue weighted by Crippen LogP contribution is 2.28. The van der Waals surface area contributed by atoms with Gasteiger partial charge in [-0.15, -0.1) is 11.3 Å². The largest absolute Gasteiger partial charge is 0.316 e. The van der Waals surface area contributed by atoms with E-state index in [0.29, 0.717) is 12.2 Å². The minimum Gasteiger partial charge on any atom is -0.316 e. The lowest BCUT2D eigenvalue weighted by molar-refractivity contribution is 0.593. The standard InChI is InChI=1S/C14H17FN2O2S2/c1-3-17(13-6-4-5-12(15)8-13)21(18,19)14-7-11(9-16-2)10-20-14/h4-8,10,16H,3,9H2,1-2H3. The van der Waals surface area contributed by atoms with Crippen molar-refractivity contribution in [2.24, 2.45) is 0 Å². The number of thiophene rings is 1. The maximum Gasteiger partial charge on any atom is 0.273 e. The Hall–Kier alpha value is -1.44. The average Bonchev–Trinajstić information content (AvgIpc) is 2.89. The molecule has 21 heavy (non-hydrogen) atoms. The van der Waals surface area contributed by atoms with Crippen LogP contribution in [0, 0.1) is 5.82 Å². The molecule has 0 radical (unpaired) electrons. The van der Waals surface area contributed by atoms with Gasteiger partial charge in [0.1, 0.15) is 10.0 Å². The molecule has 1 aromatic heterocycles. The highest BCUT2D eigenvalue weighted by atomic mass is 32.2. The zero-order valence-electron chi connectivity index (χ0n) is 11.8. The summed E-state index contributed by atoms with van der Waals surface area (Å²) < 4.78 is 40.2. The second-order valence-electron chi connectivity index (χ2n) is 4.45. The van der Waals surface area contributed by atoms with Crippen molar-refractivity contribution < 1.29 is 12.8 Å². The summed E-state index contributed by atoms with van der Waals surface area (Å²) in [6.45, 7) is 2.58. The van der Waals surface area contributed by atoms with E-state index in [-0.39, 0.29) is 10.8 Å². The Kier molecular flexibility index (Phi) is 4.97. The van der Waals surface area contributed by atoms with Crippen molar-refractivity contribution in [1.82, 2.24) is 5.32 Å². The number of anilines is 1. The van der Waals surface area contributed by atoms with Gasteiger partial charge < -0.3 is 5.32 Å². The summed E-state index contributed by atoms with van der Waals surface area (Å²) in [5.74, 6) is -0.455. The molecule has 114 valence electrons. The maximum atomic E-state index is 13.3. The molecule has 0 aliphatic rings. The van der Waals surface area contributed by atoms with Crippen LogP contribution in [0.1, 0.15) is 12.5 Å². The van der Waals surface area contributed by atoms with E-state index in [4.69, 9.17) is 0 Å². The number of rotatable bonds is 6. The number of nitrogens with zero attached hydrogens (tertiary/aromatic N) is 1. The molecule has 4 nitrogen and oxygen atoms in total. The van der Waals surface area contributed by atoms with E-state index in [2.05, 4.69) is 5.32 Å². The number of benzene rings is 1. The molecule has 0 saturated heterocycles. The lowest BCUT2D eigenvalue weighted by Gasteiger charge is -2.21. The van der Waals surface area contributed by atoms with Crippen LogP contribution in [-0.2, 0) is 16.6 Å². The number of nitrogens with one attached hydrogen (secondary N) is 1. The molecule has 1 heterocycles. The van der Waals surface area contributed by atoms with Crippen LogP contribution in [0.25, 0.3) is 0 Å². The molecule has 0 aliphatic carbocycles. The van der Waals surface area contributed by atoms with Crippen LogP contribution in [0.15, 0.2) is 39.9 Å². The molecule has 0 aliphatic heterocycles. The van der Waals surface area contributed by atoms with Gasteiger partial charge in [-0.3, -0.25) is 4.31 Å². The molecule has 0 saturated carbocycles. The third-order valence-corrected chi connectivity index (χ3v) is 6.31. The van der Waals surface area contributed by atoms with E-state index in [9.17, 15) is 12.8 Å². The molecule has 0 spiro atoms. The van der Waals surface area contributed by atoms with Crippen LogP contribution >= 0.6 is 11.3 Å². The van der Waals surface area contributed by atoms with E-state index < -0.39 is 15.8 Å². The van der Waals surface area contributed by atoms with E-state index in [1.165, 1.54) is 33.8 Å². The van der Waals surface area contributed by atoms with Crippen molar-refractivity contribution in [1.29, 1.82) is 0 Å². The highest BCUT2D eigenvalue weighted by molar-refractivity contribution is 7.94. The fourth-order valence-corrected chi connectivity index (χ4v) is 4.80. The lowest BCUT2D eigenvalue weighted by Crippen LogP contribution is -2.30. The average molecular weight is 328 g/mol. The van der Waals surface area contributed by atoms with Crippen molar-refractivity contribution in [2.45, 2.75) is 17.7 Å². The van der Waals surface area contributed by atoms with Gasteiger partial charge in [-0.1, -0.05) is 6.07 Å². The monoisotopic (exact) mass is 328 g/mol. The first-order valence-electron chi connectivity index (χ1n) is 6.49. The summed E-state index contributed by atoms with van der Waals surface area (Å²) in [6.07, 6.45) is 0. The summed E-state index contributed by atoms with van der Waals surface area (Å²) in [6, 6.07) is 7.26. The summed E-state index contributed by atoms with van der Waals surface area (Å²) in [7, 11) is -1.86. The molecule has 0 unspecified atom stereocenters. The van der Waals surface area contributed by atoms with Crippen LogP contribution in [0.5, 0.6) is 0 Å². The smallest absolute Gasteiger partial charge is 0.273 e. The Morgan fingerprint density at radius 2 is 2.10 bits per heavy atom. The Labute approximate surface area is 128 Å². The molecule has 7 heteroatoms. The van der Waals surface area contributed by atoms with Crippen LogP contribution in [-0.4, -0.2) is 22.0 Å². The molecule has 0 bridgehead atoms. The van der Waals surface area contributed by atoms with Gasteiger partial charge >= 0.3 is 0 Å². The Balaban J connectivity index is 2.39. The molecule has 1 aromatic carbocycles. The summed E-state index contributed by atoms with van der Waals surface area (Å²) in [5.41, 5.74) is 1.25. The van der Waals surface area contributed by atoms with Crippen LogP contribution in [0.2, 0.25) is 0 Å². The quantitative estimate of drug-likeness (QED) is 0.887. The number of sulfonamides is 1. The van der Waals surface area contributed by atoms with Gasteiger partial charge in [0.15, 0.2) is 0 Å². The topological polar surface area (TPSA) is 49.4 Å². The number of halogens is 1. The second-order valence-corrected chi connectivity index (χ2v) is 7.45. The second kappa shape index (κ2) is 6.55. The third kappa shape index (κ3) is 3.42. The predicted octanol–water partition coefficient (Wildman–Crippen LogP) is 2.82. The number of hydrogen-bond acceptors (Lipinski definition) is 4. The molecule has 2 aromatic rings. The minimum atomic E-state index is -3.66. The summed E-state index contributed by atoms with van der Waals surface area (Å²) in [5, 5.41) is 4.79. The number of hydrogen-bond donors (Lipinski definition) is 1. The van der Waals surface area contributed by atoms with E-state index in [1.54, 1.807) is 26.1 Å². The van der Waals surface area contributed by atoms with Crippen molar-refractivity contribution in [2.75, 3.05) is 17.9 Å². The van der Waals surface area contributed by atoms with Gasteiger partial charge in [0.2, 0.25) is 0 Å². The van der Waals surface area contributed by atoms with Crippen LogP contribution in [0.4, 0.5) is 10.1 Å². The first kappa shape index (κ1) is 15.9. The third-order valence-electron chi connectivity index (χ3n) is 2.94. The van der Waals surface area contributed by atoms with Gasteiger partial charge in [-0.05, 0) is 49.2 Å². The predicted molar refractivity (Wildman–Crippen MR) is 83.7 cm³/mol. The van der Waals surface area contributed by atoms with Crippen LogP contribution in [0.3, 0.4) is 0 Å². The van der Waals surface area contributed by atoms with Crippen molar-refractivity contribution in [3.63, 3.8) is 0 Å². The minimum absolute atomic E-state index is 0.241. The van der Waals surface area contributed by atoms with Gasteiger partial charge in [0, 0.05) is 13.1 Å². The summed E-state index contributed by atoms with van der Waals surface area (Å²) in [4.78, 5) is 0. The summed E-state index contributed by atoms with van der Waals surface area (Å²) >= 11 is 1.18. The molecular weight excluding hydrogens is 311 g/mol. The molecule has 0 fully saturated rings. The Bertz CT molecular complexity index is 713. The molecular formula is C14H17FN2O2S2. The zero-order chi connectivity index (χ0) is 15.5. The van der Waals surface area contributed by atoms with Crippen molar-refractivity contribution >= 4 is 27.0 Å². The fourth-order valence-electron chi connectivity index (χ4n) is 2.02. The van der Waals surface area contributed by atoms with Gasteiger partial charge in [0.05, 0.1) is 5.69 Å². The first-order chi connectivity index (χ1) is 9.98. The molecule has 1 N–H and O–H groups in total. The van der Waals surface area contributed by atoms with Gasteiger partial charge in [0.25, 0.3) is 10.0 Å². The maximum absolute atomic E-state index is 13.3. The molecule has 0 atom stereocenters. The van der Waals surface area contributed by atoms with Crippen molar-refractivity contribution in [3.05, 3.63) is 47.1 Å².